The molecule has 0 aliphatic carbocycles. The second kappa shape index (κ2) is 10.1. The van der Waals surface area contributed by atoms with E-state index in [1.807, 2.05) is 86.6 Å². The first kappa shape index (κ1) is 22.2. The van der Waals surface area contributed by atoms with Gasteiger partial charge in [0, 0.05) is 0 Å². The number of fused-ring (bicyclic) bond motifs is 1. The smallest absolute Gasteiger partial charge is 0.343 e. The molecule has 0 aliphatic heterocycles. The summed E-state index contributed by atoms with van der Waals surface area (Å²) < 4.78 is 1.20. The predicted molar refractivity (Wildman–Crippen MR) is 128 cm³/mol. The number of nitrogens with zero attached hydrogens (tertiary/aromatic N) is 3. The van der Waals surface area contributed by atoms with Crippen LogP contribution in [-0.4, -0.2) is 33.0 Å². The highest BCUT2D eigenvalue weighted by atomic mass is 16.2. The molecular weight excluding hydrogens is 414 g/mol. The Kier molecular flexibility index (Phi) is 6.78. The van der Waals surface area contributed by atoms with Gasteiger partial charge >= 0.3 is 6.03 Å². The lowest BCUT2D eigenvalue weighted by Crippen LogP contribution is -2.49. The first-order chi connectivity index (χ1) is 16.0. The van der Waals surface area contributed by atoms with Gasteiger partial charge in [0.05, 0.1) is 11.6 Å². The molecule has 2 amide bonds. The van der Waals surface area contributed by atoms with Gasteiger partial charge in [-0.15, -0.1) is 5.10 Å². The summed E-state index contributed by atoms with van der Waals surface area (Å²) in [5.41, 5.74) is 3.14. The van der Waals surface area contributed by atoms with Crippen molar-refractivity contribution in [3.63, 3.8) is 0 Å². The Labute approximate surface area is 192 Å². The highest BCUT2D eigenvalue weighted by Gasteiger charge is 2.27. The van der Waals surface area contributed by atoms with Crippen LogP contribution in [0.15, 0.2) is 84.9 Å². The molecule has 7 heteroatoms. The summed E-state index contributed by atoms with van der Waals surface area (Å²) in [7, 11) is 0. The first-order valence-corrected chi connectivity index (χ1v) is 11.0. The van der Waals surface area contributed by atoms with Crippen LogP contribution in [-0.2, 0) is 4.79 Å². The minimum Gasteiger partial charge on any atom is -0.343 e. The van der Waals surface area contributed by atoms with E-state index in [1.54, 1.807) is 12.1 Å². The van der Waals surface area contributed by atoms with Crippen molar-refractivity contribution in [2.75, 3.05) is 0 Å². The molecule has 1 heterocycles. The highest BCUT2D eigenvalue weighted by molar-refractivity contribution is 5.91. The van der Waals surface area contributed by atoms with E-state index < -0.39 is 12.1 Å². The van der Waals surface area contributed by atoms with Crippen LogP contribution < -0.4 is 10.6 Å². The number of nitrogens with one attached hydrogen (secondary N) is 2. The zero-order chi connectivity index (χ0) is 23.2. The van der Waals surface area contributed by atoms with Gasteiger partial charge in [-0.05, 0) is 35.6 Å². The number of hydrogen-bond donors (Lipinski definition) is 2. The standard InChI is InChI=1S/C26H27N5O2/c1-18(2)17-22(27-26(33)31-23-16-10-9-15-21(23)29-30-31)25(32)28-24(19-11-5-3-6-12-19)20-13-7-4-8-14-20/h3-16,18,22,24H,17H2,1-2H3,(H,27,33)(H,28,32)/t22-/m0/s1. The molecule has 168 valence electrons. The van der Waals surface area contributed by atoms with E-state index in [0.29, 0.717) is 17.5 Å². The number of hydrogen-bond acceptors (Lipinski definition) is 4. The van der Waals surface area contributed by atoms with Gasteiger partial charge in [0.2, 0.25) is 5.91 Å². The molecule has 0 saturated carbocycles. The molecule has 0 aliphatic rings. The maximum atomic E-state index is 13.4. The zero-order valence-electron chi connectivity index (χ0n) is 18.7. The Hall–Kier alpha value is -4.00. The van der Waals surface area contributed by atoms with Gasteiger partial charge in [0.25, 0.3) is 0 Å². The highest BCUT2D eigenvalue weighted by Crippen LogP contribution is 2.22. The average molecular weight is 442 g/mol. The van der Waals surface area contributed by atoms with Gasteiger partial charge in [0.1, 0.15) is 11.6 Å². The zero-order valence-corrected chi connectivity index (χ0v) is 18.7. The second-order valence-electron chi connectivity index (χ2n) is 8.38. The van der Waals surface area contributed by atoms with Gasteiger partial charge < -0.3 is 10.6 Å². The number of amides is 2. The Morgan fingerprint density at radius 3 is 2.00 bits per heavy atom. The maximum Gasteiger partial charge on any atom is 0.344 e. The maximum absolute atomic E-state index is 13.4. The lowest BCUT2D eigenvalue weighted by molar-refractivity contribution is -0.123. The Bertz CT molecular complexity index is 1180. The molecule has 0 saturated heterocycles. The molecule has 0 spiro atoms. The van der Waals surface area contributed by atoms with Crippen molar-refractivity contribution in [1.82, 2.24) is 25.6 Å². The minimum absolute atomic E-state index is 0.195. The van der Waals surface area contributed by atoms with Crippen LogP contribution in [0.5, 0.6) is 0 Å². The van der Waals surface area contributed by atoms with Gasteiger partial charge in [-0.25, -0.2) is 4.79 Å². The van der Waals surface area contributed by atoms with E-state index in [1.165, 1.54) is 4.68 Å². The van der Waals surface area contributed by atoms with Crippen LogP contribution >= 0.6 is 0 Å². The van der Waals surface area contributed by atoms with Gasteiger partial charge in [-0.1, -0.05) is 91.9 Å². The minimum atomic E-state index is -0.726. The molecule has 4 rings (SSSR count). The van der Waals surface area contributed by atoms with E-state index >= 15 is 0 Å². The number of benzene rings is 3. The van der Waals surface area contributed by atoms with E-state index in [-0.39, 0.29) is 17.9 Å². The topological polar surface area (TPSA) is 88.9 Å². The summed E-state index contributed by atoms with van der Waals surface area (Å²) in [6.45, 7) is 4.03. The summed E-state index contributed by atoms with van der Waals surface area (Å²) in [6.07, 6.45) is 0.487. The summed E-state index contributed by atoms with van der Waals surface area (Å²) in [5, 5.41) is 14.0. The quantitative estimate of drug-likeness (QED) is 0.447. The summed E-state index contributed by atoms with van der Waals surface area (Å²) in [6, 6.07) is 25.3. The van der Waals surface area contributed by atoms with E-state index in [2.05, 4.69) is 20.9 Å². The molecule has 3 aromatic carbocycles. The number of carbonyl (C=O) groups is 2. The van der Waals surface area contributed by atoms with Gasteiger partial charge in [-0.3, -0.25) is 4.79 Å². The monoisotopic (exact) mass is 441 g/mol. The molecule has 4 aromatic rings. The Morgan fingerprint density at radius 2 is 1.39 bits per heavy atom. The Balaban J connectivity index is 1.58. The number of aromatic nitrogens is 3. The molecule has 0 fully saturated rings. The summed E-state index contributed by atoms with van der Waals surface area (Å²) in [5.74, 6) is -0.0559. The molecular formula is C26H27N5O2. The van der Waals surface area contributed by atoms with Crippen LogP contribution in [0, 0.1) is 5.92 Å². The number of carbonyl (C=O) groups excluding carboxylic acids is 2. The van der Waals surface area contributed by atoms with E-state index in [9.17, 15) is 9.59 Å². The average Bonchev–Trinajstić information content (AvgIpc) is 3.27. The third-order valence-electron chi connectivity index (χ3n) is 5.42. The lowest BCUT2D eigenvalue weighted by atomic mass is 9.97. The summed E-state index contributed by atoms with van der Waals surface area (Å²) in [4.78, 5) is 26.4. The van der Waals surface area contributed by atoms with Crippen molar-refractivity contribution in [2.45, 2.75) is 32.4 Å². The SMILES string of the molecule is CC(C)C[C@H](NC(=O)n1nnc2ccccc21)C(=O)NC(c1ccccc1)c1ccccc1. The number of rotatable bonds is 7. The number of para-hydroxylation sites is 1. The van der Waals surface area contributed by atoms with E-state index in [4.69, 9.17) is 0 Å². The fourth-order valence-electron chi connectivity index (χ4n) is 3.82. The van der Waals surface area contributed by atoms with Crippen LogP contribution in [0.25, 0.3) is 11.0 Å². The third-order valence-corrected chi connectivity index (χ3v) is 5.42. The molecule has 1 aromatic heterocycles. The Morgan fingerprint density at radius 1 is 0.818 bits per heavy atom. The molecule has 33 heavy (non-hydrogen) atoms. The van der Waals surface area contributed by atoms with Crippen molar-refractivity contribution in [2.24, 2.45) is 5.92 Å². The summed E-state index contributed by atoms with van der Waals surface area (Å²) >= 11 is 0. The van der Waals surface area contributed by atoms with Crippen molar-refractivity contribution in [3.8, 4) is 0 Å². The normalized spacial score (nSPS) is 12.1. The fraction of sp³-hybridized carbons (Fsp3) is 0.231. The van der Waals surface area contributed by atoms with Gasteiger partial charge in [0.15, 0.2) is 0 Å². The fourth-order valence-corrected chi connectivity index (χ4v) is 3.82. The van der Waals surface area contributed by atoms with Crippen molar-refractivity contribution in [3.05, 3.63) is 96.1 Å². The largest absolute Gasteiger partial charge is 0.344 e. The molecule has 7 nitrogen and oxygen atoms in total. The van der Waals surface area contributed by atoms with Crippen molar-refractivity contribution >= 4 is 23.0 Å². The molecule has 0 radical (unpaired) electrons. The molecule has 2 N–H and O–H groups in total. The molecule has 1 atom stereocenters. The second-order valence-corrected chi connectivity index (χ2v) is 8.38. The van der Waals surface area contributed by atoms with E-state index in [0.717, 1.165) is 11.1 Å². The van der Waals surface area contributed by atoms with Crippen LogP contribution in [0.1, 0.15) is 37.4 Å². The lowest BCUT2D eigenvalue weighted by Gasteiger charge is -2.25. The van der Waals surface area contributed by atoms with Crippen LogP contribution in [0.2, 0.25) is 0 Å². The molecule has 0 bridgehead atoms. The van der Waals surface area contributed by atoms with Crippen LogP contribution in [0.4, 0.5) is 4.79 Å². The van der Waals surface area contributed by atoms with Crippen molar-refractivity contribution in [1.29, 1.82) is 0 Å². The molecule has 0 unspecified atom stereocenters. The third kappa shape index (κ3) is 5.26. The van der Waals surface area contributed by atoms with Gasteiger partial charge in [-0.2, -0.15) is 4.68 Å². The predicted octanol–water partition coefficient (Wildman–Crippen LogP) is 4.31. The van der Waals surface area contributed by atoms with Crippen molar-refractivity contribution < 1.29 is 9.59 Å². The van der Waals surface area contributed by atoms with Crippen LogP contribution in [0.3, 0.4) is 0 Å². The first-order valence-electron chi connectivity index (χ1n) is 11.0.